The highest BCUT2D eigenvalue weighted by atomic mass is 32.2. The number of ether oxygens (including phenoxy) is 1. The lowest BCUT2D eigenvalue weighted by atomic mass is 10.2. The second-order valence-corrected chi connectivity index (χ2v) is 10.1. The topological polar surface area (TPSA) is 85.4 Å². The molecular formula is C19H29N5O4S2. The Balaban J connectivity index is 1.57. The number of rotatable bonds is 7. The summed E-state index contributed by atoms with van der Waals surface area (Å²) < 4.78 is 32.7. The first-order chi connectivity index (χ1) is 14.2. The van der Waals surface area contributed by atoms with Crippen molar-refractivity contribution >= 4 is 44.9 Å². The van der Waals surface area contributed by atoms with Crippen LogP contribution in [0.2, 0.25) is 0 Å². The molecule has 1 unspecified atom stereocenters. The minimum atomic E-state index is -3.38. The number of cyclic esters (lactones) is 1. The molecule has 0 radical (unpaired) electrons. The van der Waals surface area contributed by atoms with E-state index in [0.717, 1.165) is 22.8 Å². The van der Waals surface area contributed by atoms with Crippen molar-refractivity contribution in [2.45, 2.75) is 19.4 Å². The molecule has 2 heterocycles. The zero-order valence-electron chi connectivity index (χ0n) is 17.6. The molecule has 9 nitrogen and oxygen atoms in total. The Labute approximate surface area is 183 Å². The van der Waals surface area contributed by atoms with Crippen molar-refractivity contribution in [3.63, 3.8) is 0 Å². The predicted octanol–water partition coefficient (Wildman–Crippen LogP) is 1.27. The van der Waals surface area contributed by atoms with E-state index in [1.807, 2.05) is 31.2 Å². The van der Waals surface area contributed by atoms with Gasteiger partial charge in [-0.05, 0) is 30.7 Å². The number of thiocarbonyl (C=S) groups is 1. The van der Waals surface area contributed by atoms with Gasteiger partial charge in [0.2, 0.25) is 0 Å². The van der Waals surface area contributed by atoms with Gasteiger partial charge in [-0.3, -0.25) is 4.90 Å². The SMILES string of the molecule is CCC(=S)NCC1CN(c2ccc(N3CCN(S(=O)(=O)N(C)C)CC3)cc2)C(=O)O1. The number of carbonyl (C=O) groups is 1. The summed E-state index contributed by atoms with van der Waals surface area (Å²) in [5, 5.41) is 3.11. The predicted molar refractivity (Wildman–Crippen MR) is 121 cm³/mol. The van der Waals surface area contributed by atoms with E-state index in [0.29, 0.717) is 39.3 Å². The molecule has 0 aromatic heterocycles. The van der Waals surface area contributed by atoms with Gasteiger partial charge in [-0.25, -0.2) is 4.79 Å². The highest BCUT2D eigenvalue weighted by Gasteiger charge is 2.32. The van der Waals surface area contributed by atoms with Crippen molar-refractivity contribution in [3.05, 3.63) is 24.3 Å². The van der Waals surface area contributed by atoms with Gasteiger partial charge in [0.15, 0.2) is 0 Å². The average Bonchev–Trinajstić information content (AvgIpc) is 3.12. The zero-order valence-corrected chi connectivity index (χ0v) is 19.2. The Hall–Kier alpha value is -1.95. The van der Waals surface area contributed by atoms with E-state index in [4.69, 9.17) is 17.0 Å². The molecule has 0 saturated carbocycles. The number of hydrogen-bond acceptors (Lipinski definition) is 6. The number of anilines is 2. The first-order valence-corrected chi connectivity index (χ1v) is 11.8. The number of benzene rings is 1. The summed E-state index contributed by atoms with van der Waals surface area (Å²) in [5.41, 5.74) is 1.78. The van der Waals surface area contributed by atoms with E-state index in [2.05, 4.69) is 10.2 Å². The summed E-state index contributed by atoms with van der Waals surface area (Å²) in [7, 11) is -0.290. The standard InChI is InChI=1S/C19H29N5O4S2/c1-4-18(29)20-13-17-14-24(19(25)28-17)16-7-5-15(6-8-16)22-9-11-23(12-10-22)30(26,27)21(2)3/h5-8,17H,4,9-14H2,1-3H3,(H,20,29). The van der Waals surface area contributed by atoms with Gasteiger partial charge in [0.1, 0.15) is 6.10 Å². The maximum Gasteiger partial charge on any atom is 0.414 e. The number of piperazine rings is 1. The third kappa shape index (κ3) is 5.02. The number of amides is 1. The minimum Gasteiger partial charge on any atom is -0.442 e. The summed E-state index contributed by atoms with van der Waals surface area (Å²) in [4.78, 5) is 16.8. The van der Waals surface area contributed by atoms with Gasteiger partial charge in [-0.15, -0.1) is 0 Å². The van der Waals surface area contributed by atoms with Crippen LogP contribution in [0.15, 0.2) is 24.3 Å². The summed E-state index contributed by atoms with van der Waals surface area (Å²) in [6, 6.07) is 7.70. The van der Waals surface area contributed by atoms with E-state index in [1.165, 1.54) is 8.61 Å². The Bertz CT molecular complexity index is 867. The first-order valence-electron chi connectivity index (χ1n) is 10.00. The molecule has 1 atom stereocenters. The van der Waals surface area contributed by atoms with Gasteiger partial charge in [0.25, 0.3) is 10.2 Å². The molecule has 3 rings (SSSR count). The lowest BCUT2D eigenvalue weighted by Gasteiger charge is -2.36. The van der Waals surface area contributed by atoms with Crippen LogP contribution in [-0.2, 0) is 14.9 Å². The molecule has 0 spiro atoms. The van der Waals surface area contributed by atoms with Gasteiger partial charge < -0.3 is 15.0 Å². The molecule has 2 saturated heterocycles. The van der Waals surface area contributed by atoms with Crippen LogP contribution in [0, 0.1) is 0 Å². The molecule has 0 bridgehead atoms. The summed E-state index contributed by atoms with van der Waals surface area (Å²) in [5.74, 6) is 0. The molecule has 1 aromatic rings. The second-order valence-electron chi connectivity index (χ2n) is 7.47. The van der Waals surface area contributed by atoms with Gasteiger partial charge in [-0.2, -0.15) is 17.0 Å². The van der Waals surface area contributed by atoms with Gasteiger partial charge in [0, 0.05) is 51.6 Å². The number of carbonyl (C=O) groups excluding carboxylic acids is 1. The molecule has 2 aliphatic heterocycles. The largest absolute Gasteiger partial charge is 0.442 e. The van der Waals surface area contributed by atoms with Crippen LogP contribution in [0.3, 0.4) is 0 Å². The Morgan fingerprint density at radius 3 is 2.33 bits per heavy atom. The van der Waals surface area contributed by atoms with Crippen molar-refractivity contribution in [1.82, 2.24) is 13.9 Å². The molecule has 2 aliphatic rings. The Morgan fingerprint density at radius 1 is 1.17 bits per heavy atom. The number of nitrogens with zero attached hydrogens (tertiary/aromatic N) is 4. The summed E-state index contributed by atoms with van der Waals surface area (Å²) in [6.45, 7) is 5.06. The van der Waals surface area contributed by atoms with Crippen molar-refractivity contribution in [2.75, 3.05) is 63.2 Å². The maximum absolute atomic E-state index is 12.3. The van der Waals surface area contributed by atoms with Crippen molar-refractivity contribution < 1.29 is 17.9 Å². The van der Waals surface area contributed by atoms with Gasteiger partial charge in [0.05, 0.1) is 18.1 Å². The highest BCUT2D eigenvalue weighted by Crippen LogP contribution is 2.26. The molecule has 0 aliphatic carbocycles. The first kappa shape index (κ1) is 22.7. The fraction of sp³-hybridized carbons (Fsp3) is 0.579. The van der Waals surface area contributed by atoms with Crippen LogP contribution in [0.25, 0.3) is 0 Å². The smallest absolute Gasteiger partial charge is 0.414 e. The van der Waals surface area contributed by atoms with Crippen molar-refractivity contribution in [1.29, 1.82) is 0 Å². The summed E-state index contributed by atoms with van der Waals surface area (Å²) in [6.07, 6.45) is 0.157. The molecule has 2 fully saturated rings. The molecule has 1 amide bonds. The third-order valence-corrected chi connectivity index (χ3v) is 7.65. The molecule has 1 aromatic carbocycles. The molecule has 30 heavy (non-hydrogen) atoms. The highest BCUT2D eigenvalue weighted by molar-refractivity contribution is 7.86. The lowest BCUT2D eigenvalue weighted by Crippen LogP contribution is -2.51. The zero-order chi connectivity index (χ0) is 21.9. The lowest BCUT2D eigenvalue weighted by molar-refractivity contribution is 0.143. The fourth-order valence-corrected chi connectivity index (χ4v) is 4.61. The maximum atomic E-state index is 12.3. The van der Waals surface area contributed by atoms with Crippen LogP contribution < -0.4 is 15.1 Å². The van der Waals surface area contributed by atoms with E-state index in [1.54, 1.807) is 19.0 Å². The number of nitrogens with one attached hydrogen (secondary N) is 1. The van der Waals surface area contributed by atoms with Crippen molar-refractivity contribution in [3.8, 4) is 0 Å². The molecule has 11 heteroatoms. The molecule has 1 N–H and O–H groups in total. The normalized spacial score (nSPS) is 20.5. The minimum absolute atomic E-state index is 0.242. The summed E-state index contributed by atoms with van der Waals surface area (Å²) >= 11 is 5.15. The van der Waals surface area contributed by atoms with Crippen LogP contribution in [0.1, 0.15) is 13.3 Å². The Morgan fingerprint density at radius 2 is 1.77 bits per heavy atom. The van der Waals surface area contributed by atoms with E-state index in [-0.39, 0.29) is 12.2 Å². The average molecular weight is 456 g/mol. The van der Waals surface area contributed by atoms with E-state index >= 15 is 0 Å². The van der Waals surface area contributed by atoms with Crippen LogP contribution in [0.4, 0.5) is 16.2 Å². The third-order valence-electron chi connectivity index (χ3n) is 5.27. The monoisotopic (exact) mass is 455 g/mol. The number of hydrogen-bond donors (Lipinski definition) is 1. The second kappa shape index (κ2) is 9.46. The fourth-order valence-electron chi connectivity index (χ4n) is 3.44. The van der Waals surface area contributed by atoms with Crippen LogP contribution in [-0.4, -0.2) is 87.6 Å². The van der Waals surface area contributed by atoms with Gasteiger partial charge in [-0.1, -0.05) is 19.1 Å². The Kier molecular flexibility index (Phi) is 7.17. The van der Waals surface area contributed by atoms with E-state index < -0.39 is 10.2 Å². The van der Waals surface area contributed by atoms with Crippen molar-refractivity contribution in [2.24, 2.45) is 0 Å². The van der Waals surface area contributed by atoms with E-state index in [9.17, 15) is 13.2 Å². The van der Waals surface area contributed by atoms with Crippen LogP contribution in [0.5, 0.6) is 0 Å². The molecular weight excluding hydrogens is 426 g/mol. The quantitative estimate of drug-likeness (QED) is 0.620. The molecule has 166 valence electrons. The van der Waals surface area contributed by atoms with Gasteiger partial charge >= 0.3 is 6.09 Å². The van der Waals surface area contributed by atoms with Crippen LogP contribution >= 0.6 is 12.2 Å².